The highest BCUT2D eigenvalue weighted by Gasteiger charge is 2.25. The van der Waals surface area contributed by atoms with Crippen molar-refractivity contribution >= 4 is 6.03 Å². The number of carbonyl (C=O) groups is 1. The molecule has 1 N–H and O–H groups in total. The smallest absolute Gasteiger partial charge is 0.285 e. The number of urea groups is 1. The summed E-state index contributed by atoms with van der Waals surface area (Å²) in [7, 11) is 1.41. The number of rotatable bonds is 12. The number of hydrogen-bond donors (Lipinski definition) is 1. The normalized spacial score (nSPS) is 15.1. The van der Waals surface area contributed by atoms with E-state index in [2.05, 4.69) is 11.9 Å². The largest absolute Gasteiger partial charge is 0.357 e. The Morgan fingerprint density at radius 2 is 1.39 bits per heavy atom. The second kappa shape index (κ2) is 12.6. The monoisotopic (exact) mass is 327 g/mol. The highest BCUT2D eigenvalue weighted by Crippen LogP contribution is 2.15. The summed E-state index contributed by atoms with van der Waals surface area (Å²) in [5, 5.41) is 14.0. The van der Waals surface area contributed by atoms with Gasteiger partial charge in [-0.05, 0) is 19.3 Å². The minimum Gasteiger partial charge on any atom is -0.285 e. The van der Waals surface area contributed by atoms with Gasteiger partial charge in [-0.1, -0.05) is 64.7 Å². The molecule has 0 aromatic heterocycles. The average Bonchev–Trinajstić information content (AvgIpc) is 3.06. The zero-order valence-electron chi connectivity index (χ0n) is 15.3. The van der Waals surface area contributed by atoms with Crippen LogP contribution < -0.4 is 0 Å². The van der Waals surface area contributed by atoms with Crippen LogP contribution in [0.25, 0.3) is 0 Å². The molecule has 5 nitrogen and oxygen atoms in total. The van der Waals surface area contributed by atoms with Gasteiger partial charge in [-0.3, -0.25) is 10.2 Å². The molecule has 5 heteroatoms. The summed E-state index contributed by atoms with van der Waals surface area (Å²) in [6.07, 6.45) is 15.2. The summed E-state index contributed by atoms with van der Waals surface area (Å²) in [4.78, 5) is 12.1. The molecule has 23 heavy (non-hydrogen) atoms. The van der Waals surface area contributed by atoms with Gasteiger partial charge in [0, 0.05) is 26.7 Å². The molecule has 1 saturated heterocycles. The van der Waals surface area contributed by atoms with Crippen molar-refractivity contribution in [2.75, 3.05) is 26.7 Å². The molecule has 0 radical (unpaired) electrons. The second-order valence-corrected chi connectivity index (χ2v) is 6.77. The first-order valence-electron chi connectivity index (χ1n) is 9.65. The molecule has 0 unspecified atom stereocenters. The van der Waals surface area contributed by atoms with E-state index in [9.17, 15) is 10.0 Å². The molecule has 136 valence electrons. The summed E-state index contributed by atoms with van der Waals surface area (Å²) in [6.45, 7) is 4.83. The van der Waals surface area contributed by atoms with Gasteiger partial charge in [-0.2, -0.15) is 0 Å². The molecule has 0 aromatic carbocycles. The van der Waals surface area contributed by atoms with Crippen molar-refractivity contribution in [1.29, 1.82) is 0 Å². The van der Waals surface area contributed by atoms with Crippen LogP contribution in [0.1, 0.15) is 84.0 Å². The molecular formula is C18H37N3O2. The SMILES string of the molecule is CCCCCCCCCCCCN(C(=O)N(C)O)N1CCCC1. The third-order valence-electron chi connectivity index (χ3n) is 4.64. The minimum absolute atomic E-state index is 0.303. The first kappa shape index (κ1) is 20.2. The Balaban J connectivity index is 2.09. The maximum Gasteiger partial charge on any atom is 0.357 e. The van der Waals surface area contributed by atoms with Crippen LogP contribution in [0.5, 0.6) is 0 Å². The Hall–Kier alpha value is -0.810. The number of nitrogens with zero attached hydrogens (tertiary/aromatic N) is 3. The van der Waals surface area contributed by atoms with Crippen molar-refractivity contribution in [3.05, 3.63) is 0 Å². The fourth-order valence-corrected chi connectivity index (χ4v) is 3.22. The van der Waals surface area contributed by atoms with E-state index in [0.717, 1.165) is 38.9 Å². The van der Waals surface area contributed by atoms with Crippen molar-refractivity contribution < 1.29 is 10.0 Å². The summed E-state index contributed by atoms with van der Waals surface area (Å²) >= 11 is 0. The lowest BCUT2D eigenvalue weighted by molar-refractivity contribution is -0.0691. The maximum absolute atomic E-state index is 12.1. The van der Waals surface area contributed by atoms with E-state index < -0.39 is 0 Å². The van der Waals surface area contributed by atoms with Crippen LogP contribution in [0.3, 0.4) is 0 Å². The van der Waals surface area contributed by atoms with E-state index in [1.54, 1.807) is 5.01 Å². The minimum atomic E-state index is -0.303. The molecule has 1 rings (SSSR count). The number of hydrazine groups is 1. The fourth-order valence-electron chi connectivity index (χ4n) is 3.22. The molecule has 0 spiro atoms. The third kappa shape index (κ3) is 8.56. The first-order valence-corrected chi connectivity index (χ1v) is 9.65. The first-order chi connectivity index (χ1) is 11.2. The third-order valence-corrected chi connectivity index (χ3v) is 4.64. The van der Waals surface area contributed by atoms with Gasteiger partial charge in [-0.15, -0.1) is 0 Å². The molecule has 0 saturated carbocycles. The van der Waals surface area contributed by atoms with Crippen LogP contribution in [-0.4, -0.2) is 53.0 Å². The summed E-state index contributed by atoms with van der Waals surface area (Å²) < 4.78 is 0. The Kier molecular flexibility index (Phi) is 11.1. The van der Waals surface area contributed by atoms with Gasteiger partial charge in [0.05, 0.1) is 0 Å². The average molecular weight is 328 g/mol. The van der Waals surface area contributed by atoms with Crippen molar-refractivity contribution in [2.24, 2.45) is 0 Å². The lowest BCUT2D eigenvalue weighted by Crippen LogP contribution is -2.49. The van der Waals surface area contributed by atoms with E-state index in [1.165, 1.54) is 64.8 Å². The molecule has 0 aromatic rings. The lowest BCUT2D eigenvalue weighted by atomic mass is 10.1. The van der Waals surface area contributed by atoms with Gasteiger partial charge >= 0.3 is 6.03 Å². The van der Waals surface area contributed by atoms with Gasteiger partial charge in [-0.25, -0.2) is 14.9 Å². The van der Waals surface area contributed by atoms with Gasteiger partial charge < -0.3 is 0 Å². The molecular weight excluding hydrogens is 290 g/mol. The number of amides is 2. The summed E-state index contributed by atoms with van der Waals surface area (Å²) in [6, 6.07) is -0.303. The molecule has 1 aliphatic rings. The quantitative estimate of drug-likeness (QED) is 0.322. The standard InChI is InChI=1S/C18H37N3O2/c1-3-4-5-6-7-8-9-10-11-12-17-21(18(22)19(2)23)20-15-13-14-16-20/h23H,3-17H2,1-2H3. The van der Waals surface area contributed by atoms with Gasteiger partial charge in [0.2, 0.25) is 0 Å². The molecule has 0 aliphatic carbocycles. The van der Waals surface area contributed by atoms with Crippen LogP contribution in [0.2, 0.25) is 0 Å². The predicted molar refractivity (Wildman–Crippen MR) is 94.3 cm³/mol. The topological polar surface area (TPSA) is 47.0 Å². The predicted octanol–water partition coefficient (Wildman–Crippen LogP) is 4.66. The molecule has 0 atom stereocenters. The molecule has 2 amide bonds. The number of unbranched alkanes of at least 4 members (excludes halogenated alkanes) is 9. The van der Waals surface area contributed by atoms with Crippen LogP contribution in [0.15, 0.2) is 0 Å². The summed E-state index contributed by atoms with van der Waals surface area (Å²) in [5.41, 5.74) is 0. The highest BCUT2D eigenvalue weighted by molar-refractivity contribution is 5.72. The van der Waals surface area contributed by atoms with Gasteiger partial charge in [0.15, 0.2) is 0 Å². The molecule has 0 bridgehead atoms. The highest BCUT2D eigenvalue weighted by atomic mass is 16.5. The molecule has 1 fully saturated rings. The number of hydrogen-bond acceptors (Lipinski definition) is 3. The van der Waals surface area contributed by atoms with Crippen molar-refractivity contribution in [3.8, 4) is 0 Å². The zero-order chi connectivity index (χ0) is 16.9. The number of carbonyl (C=O) groups excluding carboxylic acids is 1. The van der Waals surface area contributed by atoms with Crippen LogP contribution >= 0.6 is 0 Å². The van der Waals surface area contributed by atoms with Crippen LogP contribution in [0, 0.1) is 0 Å². The van der Waals surface area contributed by atoms with E-state index in [0.29, 0.717) is 5.06 Å². The van der Waals surface area contributed by atoms with E-state index in [1.807, 2.05) is 0 Å². The van der Waals surface area contributed by atoms with Gasteiger partial charge in [0.1, 0.15) is 0 Å². The lowest BCUT2D eigenvalue weighted by Gasteiger charge is -2.32. The zero-order valence-corrected chi connectivity index (χ0v) is 15.3. The van der Waals surface area contributed by atoms with Crippen LogP contribution in [0.4, 0.5) is 4.79 Å². The van der Waals surface area contributed by atoms with Gasteiger partial charge in [0.25, 0.3) is 0 Å². The van der Waals surface area contributed by atoms with Crippen molar-refractivity contribution in [3.63, 3.8) is 0 Å². The van der Waals surface area contributed by atoms with E-state index in [4.69, 9.17) is 0 Å². The molecule has 1 heterocycles. The van der Waals surface area contributed by atoms with Crippen molar-refractivity contribution in [2.45, 2.75) is 84.0 Å². The fraction of sp³-hybridized carbons (Fsp3) is 0.944. The Bertz CT molecular complexity index is 305. The Morgan fingerprint density at radius 1 is 0.913 bits per heavy atom. The van der Waals surface area contributed by atoms with E-state index in [-0.39, 0.29) is 6.03 Å². The van der Waals surface area contributed by atoms with Crippen molar-refractivity contribution in [1.82, 2.24) is 15.1 Å². The van der Waals surface area contributed by atoms with Crippen LogP contribution in [-0.2, 0) is 0 Å². The number of hydroxylamine groups is 2. The summed E-state index contributed by atoms with van der Waals surface area (Å²) in [5.74, 6) is 0. The second-order valence-electron chi connectivity index (χ2n) is 6.77. The maximum atomic E-state index is 12.1. The molecule has 1 aliphatic heterocycles. The Morgan fingerprint density at radius 3 is 1.87 bits per heavy atom. The Labute approximate surface area is 142 Å². The van der Waals surface area contributed by atoms with E-state index >= 15 is 0 Å².